The number of aliphatic hydroxyl groups excluding tert-OH is 1. The van der Waals surface area contributed by atoms with E-state index in [4.69, 9.17) is 9.84 Å². The first-order chi connectivity index (χ1) is 10.2. The van der Waals surface area contributed by atoms with Crippen LogP contribution in [0, 0.1) is 5.92 Å². The Morgan fingerprint density at radius 3 is 2.67 bits per heavy atom. The van der Waals surface area contributed by atoms with Crippen molar-refractivity contribution < 1.29 is 14.6 Å². The lowest BCUT2D eigenvalue weighted by molar-refractivity contribution is 0.0943. The molecule has 0 spiro atoms. The van der Waals surface area contributed by atoms with Crippen molar-refractivity contribution in [1.82, 2.24) is 5.32 Å². The molecule has 116 valence electrons. The van der Waals surface area contributed by atoms with Gasteiger partial charge in [-0.1, -0.05) is 26.0 Å². The summed E-state index contributed by atoms with van der Waals surface area (Å²) in [6.07, 6.45) is 4.46. The van der Waals surface area contributed by atoms with Crippen molar-refractivity contribution in [1.29, 1.82) is 0 Å². The minimum atomic E-state index is -0.0932. The number of benzene rings is 1. The van der Waals surface area contributed by atoms with E-state index in [-0.39, 0.29) is 12.5 Å². The summed E-state index contributed by atoms with van der Waals surface area (Å²) in [5, 5.41) is 11.9. The first kappa shape index (κ1) is 17.2. The van der Waals surface area contributed by atoms with E-state index in [1.165, 1.54) is 0 Å². The zero-order valence-corrected chi connectivity index (χ0v) is 12.7. The van der Waals surface area contributed by atoms with Gasteiger partial charge >= 0.3 is 0 Å². The Bertz CT molecular complexity index is 422. The summed E-state index contributed by atoms with van der Waals surface area (Å²) in [6.45, 7) is 6.90. The van der Waals surface area contributed by atoms with Crippen LogP contribution in [0.2, 0.25) is 0 Å². The lowest BCUT2D eigenvalue weighted by Crippen LogP contribution is -2.29. The van der Waals surface area contributed by atoms with Crippen LogP contribution in [0.4, 0.5) is 0 Å². The molecule has 0 radical (unpaired) electrons. The van der Waals surface area contributed by atoms with Gasteiger partial charge in [0.05, 0.1) is 0 Å². The number of aliphatic hydroxyl groups is 1. The van der Waals surface area contributed by atoms with E-state index < -0.39 is 0 Å². The van der Waals surface area contributed by atoms with Gasteiger partial charge in [0.25, 0.3) is 5.91 Å². The molecular formula is C17H25NO3. The number of hydrogen-bond donors (Lipinski definition) is 2. The number of carbonyl (C=O) groups excluding carboxylic acids is 1. The van der Waals surface area contributed by atoms with Crippen molar-refractivity contribution in [3.8, 4) is 5.75 Å². The summed E-state index contributed by atoms with van der Waals surface area (Å²) in [5.41, 5.74) is 0.611. The molecule has 0 aliphatic heterocycles. The third kappa shape index (κ3) is 6.45. The fraction of sp³-hybridized carbons (Fsp3) is 0.471. The molecule has 0 bridgehead atoms. The molecule has 4 heteroatoms. The number of amides is 1. The van der Waals surface area contributed by atoms with Gasteiger partial charge in [0.1, 0.15) is 12.4 Å². The van der Waals surface area contributed by atoms with Gasteiger partial charge < -0.3 is 15.2 Å². The standard InChI is InChI=1S/C17H25NO3/c1-3-5-14(10-11-19)13-18-17(20)15-6-8-16(9-7-15)21-12-4-2/h4,6-9,14,19H,2-3,5,10-13H2,1H3,(H,18,20). The van der Waals surface area contributed by atoms with Crippen LogP contribution >= 0.6 is 0 Å². The summed E-state index contributed by atoms with van der Waals surface area (Å²) in [7, 11) is 0. The Kier molecular flexibility index (Phi) is 8.21. The average Bonchev–Trinajstić information content (AvgIpc) is 2.51. The SMILES string of the molecule is C=CCOc1ccc(C(=O)NCC(CCC)CCO)cc1. The van der Waals surface area contributed by atoms with Crippen molar-refractivity contribution in [2.75, 3.05) is 19.8 Å². The highest BCUT2D eigenvalue weighted by atomic mass is 16.5. The van der Waals surface area contributed by atoms with Crippen LogP contribution in [0.1, 0.15) is 36.5 Å². The molecule has 1 amide bonds. The van der Waals surface area contributed by atoms with E-state index in [2.05, 4.69) is 18.8 Å². The van der Waals surface area contributed by atoms with Crippen LogP contribution in [0.5, 0.6) is 5.75 Å². The second-order valence-electron chi connectivity index (χ2n) is 5.00. The normalized spacial score (nSPS) is 11.7. The molecule has 2 N–H and O–H groups in total. The lowest BCUT2D eigenvalue weighted by atomic mass is 10.00. The summed E-state index contributed by atoms with van der Waals surface area (Å²) < 4.78 is 5.37. The van der Waals surface area contributed by atoms with Crippen molar-refractivity contribution in [3.05, 3.63) is 42.5 Å². The second kappa shape index (κ2) is 10.00. The molecular weight excluding hydrogens is 266 g/mol. The van der Waals surface area contributed by atoms with Gasteiger partial charge in [0.15, 0.2) is 0 Å². The quantitative estimate of drug-likeness (QED) is 0.652. The molecule has 0 saturated heterocycles. The van der Waals surface area contributed by atoms with Gasteiger partial charge in [-0.2, -0.15) is 0 Å². The summed E-state index contributed by atoms with van der Waals surface area (Å²) in [4.78, 5) is 12.1. The summed E-state index contributed by atoms with van der Waals surface area (Å²) >= 11 is 0. The van der Waals surface area contributed by atoms with Crippen molar-refractivity contribution >= 4 is 5.91 Å². The molecule has 4 nitrogen and oxygen atoms in total. The topological polar surface area (TPSA) is 58.6 Å². The number of rotatable bonds is 10. The minimum absolute atomic E-state index is 0.0932. The van der Waals surface area contributed by atoms with Crippen LogP contribution < -0.4 is 10.1 Å². The average molecular weight is 291 g/mol. The zero-order chi connectivity index (χ0) is 15.5. The van der Waals surface area contributed by atoms with Gasteiger partial charge in [-0.05, 0) is 43.0 Å². The summed E-state index contributed by atoms with van der Waals surface area (Å²) in [5.74, 6) is 0.957. The van der Waals surface area contributed by atoms with E-state index in [0.29, 0.717) is 24.6 Å². The van der Waals surface area contributed by atoms with Gasteiger partial charge in [-0.25, -0.2) is 0 Å². The highest BCUT2D eigenvalue weighted by Gasteiger charge is 2.10. The van der Waals surface area contributed by atoms with Gasteiger partial charge in [-0.15, -0.1) is 0 Å². The van der Waals surface area contributed by atoms with Gasteiger partial charge in [0.2, 0.25) is 0 Å². The molecule has 0 aromatic heterocycles. The van der Waals surface area contributed by atoms with E-state index in [0.717, 1.165) is 25.0 Å². The molecule has 0 saturated carbocycles. The van der Waals surface area contributed by atoms with Gasteiger partial charge in [-0.3, -0.25) is 4.79 Å². The second-order valence-corrected chi connectivity index (χ2v) is 5.00. The molecule has 1 aromatic rings. The maximum atomic E-state index is 12.1. The van der Waals surface area contributed by atoms with Crippen molar-refractivity contribution in [2.24, 2.45) is 5.92 Å². The Morgan fingerprint density at radius 1 is 1.38 bits per heavy atom. The van der Waals surface area contributed by atoms with E-state index in [1.807, 2.05) is 0 Å². The van der Waals surface area contributed by atoms with E-state index in [1.54, 1.807) is 30.3 Å². The molecule has 0 fully saturated rings. The maximum Gasteiger partial charge on any atom is 0.251 e. The molecule has 1 unspecified atom stereocenters. The summed E-state index contributed by atoms with van der Waals surface area (Å²) in [6, 6.07) is 7.04. The number of hydrogen-bond acceptors (Lipinski definition) is 3. The number of ether oxygens (including phenoxy) is 1. The predicted molar refractivity (Wildman–Crippen MR) is 84.6 cm³/mol. The molecule has 1 aromatic carbocycles. The third-order valence-electron chi connectivity index (χ3n) is 3.27. The Balaban J connectivity index is 2.48. The highest BCUT2D eigenvalue weighted by Crippen LogP contribution is 2.13. The smallest absolute Gasteiger partial charge is 0.251 e. The lowest BCUT2D eigenvalue weighted by Gasteiger charge is -2.15. The maximum absolute atomic E-state index is 12.1. The van der Waals surface area contributed by atoms with E-state index >= 15 is 0 Å². The van der Waals surface area contributed by atoms with Gasteiger partial charge in [0, 0.05) is 18.7 Å². The Hall–Kier alpha value is -1.81. The largest absolute Gasteiger partial charge is 0.490 e. The number of nitrogens with one attached hydrogen (secondary N) is 1. The highest BCUT2D eigenvalue weighted by molar-refractivity contribution is 5.94. The Labute approximate surface area is 126 Å². The Morgan fingerprint density at radius 2 is 2.10 bits per heavy atom. The van der Waals surface area contributed by atoms with Crippen molar-refractivity contribution in [3.63, 3.8) is 0 Å². The molecule has 1 rings (SSSR count). The fourth-order valence-corrected chi connectivity index (χ4v) is 2.14. The third-order valence-corrected chi connectivity index (χ3v) is 3.27. The zero-order valence-electron chi connectivity index (χ0n) is 12.7. The monoisotopic (exact) mass is 291 g/mol. The van der Waals surface area contributed by atoms with Crippen LogP contribution in [0.15, 0.2) is 36.9 Å². The molecule has 0 heterocycles. The molecule has 21 heavy (non-hydrogen) atoms. The van der Waals surface area contributed by atoms with E-state index in [9.17, 15) is 4.79 Å². The number of carbonyl (C=O) groups is 1. The van der Waals surface area contributed by atoms with Crippen molar-refractivity contribution in [2.45, 2.75) is 26.2 Å². The predicted octanol–water partition coefficient (Wildman–Crippen LogP) is 2.78. The first-order valence-corrected chi connectivity index (χ1v) is 7.44. The van der Waals surface area contributed by atoms with Crippen LogP contribution in [0.3, 0.4) is 0 Å². The minimum Gasteiger partial charge on any atom is -0.490 e. The van der Waals surface area contributed by atoms with Crippen LogP contribution in [0.25, 0.3) is 0 Å². The molecule has 0 aliphatic rings. The fourth-order valence-electron chi connectivity index (χ4n) is 2.14. The molecule has 0 aliphatic carbocycles. The molecule has 1 atom stereocenters. The van der Waals surface area contributed by atoms with Crippen LogP contribution in [-0.2, 0) is 0 Å². The first-order valence-electron chi connectivity index (χ1n) is 7.44. The van der Waals surface area contributed by atoms with Crippen LogP contribution in [-0.4, -0.2) is 30.8 Å².